The normalized spacial score (nSPS) is 13.2. The Morgan fingerprint density at radius 1 is 0.409 bits per heavy atom. The van der Waals surface area contributed by atoms with Gasteiger partial charge in [-0.2, -0.15) is 0 Å². The van der Waals surface area contributed by atoms with Crippen LogP contribution >= 0.6 is 7.81 Å². The first-order chi connectivity index (χ1) is 20.8. The molecule has 44 heavy (non-hydrogen) atoms. The molecule has 2 aromatic carbocycles. The molecule has 0 spiro atoms. The first kappa shape index (κ1) is 41.2. The molecule has 0 heterocycles. The van der Waals surface area contributed by atoms with Gasteiger partial charge in [0, 0.05) is 11.1 Å². The van der Waals surface area contributed by atoms with Crippen LogP contribution in [0.2, 0.25) is 0 Å². The van der Waals surface area contributed by atoms with Crippen LogP contribution in [0, 0.1) is 7.14 Å². The predicted octanol–water partition coefficient (Wildman–Crippen LogP) is 12.1. The van der Waals surface area contributed by atoms with Gasteiger partial charge >= 0.3 is 54.2 Å². The van der Waals surface area contributed by atoms with Crippen molar-refractivity contribution in [2.24, 2.45) is 0 Å². The van der Waals surface area contributed by atoms with E-state index in [2.05, 4.69) is 62.4 Å². The molecule has 0 bridgehead atoms. The summed E-state index contributed by atoms with van der Waals surface area (Å²) in [5.41, 5.74) is 3.26. The molecule has 2 aromatic rings. The Hall–Kier alpha value is -0.820. The van der Waals surface area contributed by atoms with E-state index in [0.29, 0.717) is 0 Å². The number of aryl methyl sites for hydroxylation is 2. The summed E-state index contributed by atoms with van der Waals surface area (Å²) in [6.07, 6.45) is 30.9. The molecule has 0 N–H and O–H groups in total. The molecule has 0 radical (unpaired) electrons. The summed E-state index contributed by atoms with van der Waals surface area (Å²) in [4.78, 5) is 0. The fourth-order valence-corrected chi connectivity index (χ4v) is 8.29. The van der Waals surface area contributed by atoms with Gasteiger partial charge in [0.1, 0.15) is 0 Å². The predicted molar refractivity (Wildman–Crippen MR) is 175 cm³/mol. The van der Waals surface area contributed by atoms with Crippen molar-refractivity contribution in [1.29, 1.82) is 0 Å². The zero-order chi connectivity index (χ0) is 32.6. The second kappa shape index (κ2) is 21.9. The molecule has 8 heteroatoms. The van der Waals surface area contributed by atoms with Crippen molar-refractivity contribution in [3.05, 3.63) is 66.8 Å². The van der Waals surface area contributed by atoms with E-state index in [4.69, 9.17) is 0 Å². The molecule has 0 fully saturated rings. The average Bonchev–Trinajstić information content (AvgIpc) is 2.95. The molecule has 0 unspecified atom stereocenters. The SMILES string of the molecule is CCCCCCCCCCCCc1ccccc1[I+]c1ccccc1CCCCCCCCCCCC.F[P-](F)(F)(F)(F)F. The molecule has 0 aliphatic carbocycles. The summed E-state index contributed by atoms with van der Waals surface area (Å²) < 4.78 is 62.5. The first-order valence-corrected chi connectivity index (χ1v) is 21.4. The van der Waals surface area contributed by atoms with Crippen molar-refractivity contribution < 1.29 is 46.4 Å². The number of rotatable bonds is 24. The van der Waals surface area contributed by atoms with Crippen LogP contribution in [-0.2, 0) is 12.8 Å². The van der Waals surface area contributed by atoms with Crippen LogP contribution in [0.25, 0.3) is 0 Å². The van der Waals surface area contributed by atoms with Gasteiger partial charge in [-0.15, -0.1) is 0 Å². The van der Waals surface area contributed by atoms with Gasteiger partial charge in [-0.05, 0) is 37.8 Å². The maximum atomic E-state index is 9.87. The molecule has 0 saturated carbocycles. The number of hydrogen-bond acceptors (Lipinski definition) is 0. The summed E-state index contributed by atoms with van der Waals surface area (Å²) in [5.74, 6) is 0. The van der Waals surface area contributed by atoms with E-state index < -0.39 is 7.81 Å². The van der Waals surface area contributed by atoms with E-state index in [1.54, 1.807) is 18.3 Å². The summed E-state index contributed by atoms with van der Waals surface area (Å²) in [6, 6.07) is 18.7. The van der Waals surface area contributed by atoms with Crippen LogP contribution in [-0.4, -0.2) is 0 Å². The van der Waals surface area contributed by atoms with Crippen LogP contribution in [0.1, 0.15) is 153 Å². The van der Waals surface area contributed by atoms with E-state index in [9.17, 15) is 25.2 Å². The van der Waals surface area contributed by atoms with Crippen molar-refractivity contribution in [2.45, 2.75) is 155 Å². The Bertz CT molecular complexity index is 917. The van der Waals surface area contributed by atoms with Gasteiger partial charge in [-0.3, -0.25) is 0 Å². The standard InChI is InChI=1S/C36H58I.F6P/c1-3-5-7-9-11-13-15-17-19-21-27-33-29-23-25-31-35(33)37-36-32-26-24-30-34(36)28-22-20-18-16-14-12-10-8-6-4-2;1-7(2,3,4,5)6/h23-26,29-32H,3-22,27-28H2,1-2H3;/q+1;-1. The van der Waals surface area contributed by atoms with Crippen LogP contribution in [0.4, 0.5) is 25.2 Å². The van der Waals surface area contributed by atoms with Crippen LogP contribution in [0.5, 0.6) is 0 Å². The van der Waals surface area contributed by atoms with E-state index in [0.717, 1.165) is 0 Å². The van der Waals surface area contributed by atoms with Gasteiger partial charge in [-0.1, -0.05) is 166 Å². The third kappa shape index (κ3) is 27.5. The zero-order valence-corrected chi connectivity index (χ0v) is 30.3. The fourth-order valence-electron chi connectivity index (χ4n) is 5.30. The summed E-state index contributed by atoms with van der Waals surface area (Å²) in [7, 11) is -10.7. The van der Waals surface area contributed by atoms with Gasteiger partial charge < -0.3 is 0 Å². The molecule has 0 aliphatic heterocycles. The molecule has 0 aliphatic rings. The molecule has 0 amide bonds. The van der Waals surface area contributed by atoms with E-state index in [-0.39, 0.29) is 21.2 Å². The molecule has 256 valence electrons. The Labute approximate surface area is 275 Å². The Morgan fingerprint density at radius 3 is 0.955 bits per heavy atom. The van der Waals surface area contributed by atoms with E-state index >= 15 is 0 Å². The molecule has 2 rings (SSSR count). The minimum atomic E-state index is -10.7. The Morgan fingerprint density at radius 2 is 0.659 bits per heavy atom. The number of unbranched alkanes of at least 4 members (excludes halogenated alkanes) is 18. The van der Waals surface area contributed by atoms with Gasteiger partial charge in [0.2, 0.25) is 0 Å². The summed E-state index contributed by atoms with van der Waals surface area (Å²) in [5, 5.41) is 0. The van der Waals surface area contributed by atoms with Crippen molar-refractivity contribution in [3.8, 4) is 0 Å². The van der Waals surface area contributed by atoms with Crippen molar-refractivity contribution in [1.82, 2.24) is 0 Å². The number of benzene rings is 2. The van der Waals surface area contributed by atoms with Gasteiger partial charge in [-0.25, -0.2) is 0 Å². The van der Waals surface area contributed by atoms with Crippen LogP contribution in [0.15, 0.2) is 48.5 Å². The summed E-state index contributed by atoms with van der Waals surface area (Å²) in [6.45, 7) is 4.61. The van der Waals surface area contributed by atoms with Crippen molar-refractivity contribution in [2.75, 3.05) is 0 Å². The molecular weight excluding hydrogens is 704 g/mol. The second-order valence-corrected chi connectivity index (χ2v) is 16.9. The van der Waals surface area contributed by atoms with Gasteiger partial charge in [0.25, 0.3) is 0 Å². The fraction of sp³-hybridized carbons (Fsp3) is 0.667. The number of halogens is 7. The topological polar surface area (TPSA) is 0 Å². The molecule has 0 saturated heterocycles. The van der Waals surface area contributed by atoms with Crippen molar-refractivity contribution in [3.63, 3.8) is 0 Å². The third-order valence-corrected chi connectivity index (χ3v) is 11.0. The maximum absolute atomic E-state index is 10.7. The molecular formula is C36H58F6IP. The molecule has 0 atom stereocenters. The third-order valence-electron chi connectivity index (χ3n) is 7.72. The van der Waals surface area contributed by atoms with Crippen LogP contribution < -0.4 is 21.2 Å². The van der Waals surface area contributed by atoms with Crippen molar-refractivity contribution >= 4 is 7.81 Å². The molecule has 0 nitrogen and oxygen atoms in total. The quantitative estimate of drug-likeness (QED) is 0.0432. The van der Waals surface area contributed by atoms with Crippen LogP contribution in [0.3, 0.4) is 0 Å². The Balaban J connectivity index is 0.00000123. The zero-order valence-electron chi connectivity index (χ0n) is 27.3. The van der Waals surface area contributed by atoms with Gasteiger partial charge in [0.15, 0.2) is 7.14 Å². The monoisotopic (exact) mass is 762 g/mol. The number of hydrogen-bond donors (Lipinski definition) is 0. The first-order valence-electron chi connectivity index (χ1n) is 17.2. The minimum absolute atomic E-state index is 0.0947. The second-order valence-electron chi connectivity index (χ2n) is 12.1. The molecule has 0 aromatic heterocycles. The van der Waals surface area contributed by atoms with E-state index in [1.165, 1.54) is 141 Å². The van der Waals surface area contributed by atoms with E-state index in [1.807, 2.05) is 0 Å². The Kier molecular flexibility index (Phi) is 20.5. The summed E-state index contributed by atoms with van der Waals surface area (Å²) >= 11 is -0.0947. The average molecular weight is 763 g/mol. The van der Waals surface area contributed by atoms with Gasteiger partial charge in [0.05, 0.1) is 0 Å².